The maximum atomic E-state index is 11.5. The summed E-state index contributed by atoms with van der Waals surface area (Å²) < 4.78 is 4.76. The number of esters is 1. The molecule has 3 nitrogen and oxygen atoms in total. The molecule has 1 N–H and O–H groups in total. The van der Waals surface area contributed by atoms with Crippen LogP contribution >= 0.6 is 0 Å². The quantitative estimate of drug-likeness (QED) is 0.837. The van der Waals surface area contributed by atoms with Crippen LogP contribution in [0.5, 0.6) is 0 Å². The third kappa shape index (κ3) is 3.32. The molecule has 2 rings (SSSR count). The van der Waals surface area contributed by atoms with Gasteiger partial charge < -0.3 is 10.1 Å². The Morgan fingerprint density at radius 1 is 1.21 bits per heavy atom. The summed E-state index contributed by atoms with van der Waals surface area (Å²) >= 11 is 0. The van der Waals surface area contributed by atoms with Crippen LogP contribution in [0, 0.1) is 0 Å². The molecule has 0 saturated heterocycles. The topological polar surface area (TPSA) is 38.3 Å². The van der Waals surface area contributed by atoms with Gasteiger partial charge in [0.25, 0.3) is 0 Å². The summed E-state index contributed by atoms with van der Waals surface area (Å²) in [6.45, 7) is 2.85. The van der Waals surface area contributed by atoms with E-state index in [-0.39, 0.29) is 12.0 Å². The van der Waals surface area contributed by atoms with E-state index in [0.29, 0.717) is 6.42 Å². The van der Waals surface area contributed by atoms with Gasteiger partial charge in [0, 0.05) is 6.04 Å². The lowest BCUT2D eigenvalue weighted by molar-refractivity contribution is -0.141. The molecule has 0 aliphatic carbocycles. The van der Waals surface area contributed by atoms with E-state index in [1.807, 2.05) is 19.1 Å². The predicted molar refractivity (Wildman–Crippen MR) is 77.0 cm³/mol. The minimum atomic E-state index is -0.195. The molecule has 0 fully saturated rings. The van der Waals surface area contributed by atoms with Crippen LogP contribution in [0.2, 0.25) is 0 Å². The van der Waals surface area contributed by atoms with Gasteiger partial charge in [0.1, 0.15) is 0 Å². The van der Waals surface area contributed by atoms with E-state index in [2.05, 4.69) is 35.6 Å². The summed E-state index contributed by atoms with van der Waals surface area (Å²) in [7, 11) is 1.42. The Bertz CT molecular complexity index is 565. The van der Waals surface area contributed by atoms with Crippen LogP contribution in [0.3, 0.4) is 0 Å². The lowest BCUT2D eigenvalue weighted by Crippen LogP contribution is -2.24. The van der Waals surface area contributed by atoms with Crippen molar-refractivity contribution in [3.8, 4) is 0 Å². The van der Waals surface area contributed by atoms with E-state index < -0.39 is 0 Å². The average molecular weight is 257 g/mol. The standard InChI is InChI=1S/C16H19NO2/c1-3-17-15(11-16(18)19-2)14-9-8-12-6-4-5-7-13(12)10-14/h4-10,15,17H,3,11H2,1-2H3. The maximum Gasteiger partial charge on any atom is 0.307 e. The molecule has 2 aromatic rings. The number of hydrogen-bond donors (Lipinski definition) is 1. The van der Waals surface area contributed by atoms with Crippen molar-refractivity contribution >= 4 is 16.7 Å². The van der Waals surface area contributed by atoms with Crippen molar-refractivity contribution in [2.45, 2.75) is 19.4 Å². The summed E-state index contributed by atoms with van der Waals surface area (Å²) in [5.74, 6) is -0.195. The Labute approximate surface area is 113 Å². The molecule has 3 heteroatoms. The maximum absolute atomic E-state index is 11.5. The summed E-state index contributed by atoms with van der Waals surface area (Å²) in [4.78, 5) is 11.5. The highest BCUT2D eigenvalue weighted by molar-refractivity contribution is 5.83. The lowest BCUT2D eigenvalue weighted by Gasteiger charge is -2.17. The van der Waals surface area contributed by atoms with Crippen molar-refractivity contribution < 1.29 is 9.53 Å². The first-order valence-electron chi connectivity index (χ1n) is 6.53. The molecule has 0 saturated carbocycles. The highest BCUT2D eigenvalue weighted by Crippen LogP contribution is 2.22. The first-order chi connectivity index (χ1) is 9.24. The molecular weight excluding hydrogens is 238 g/mol. The van der Waals surface area contributed by atoms with Gasteiger partial charge >= 0.3 is 5.97 Å². The van der Waals surface area contributed by atoms with Gasteiger partial charge in [0.05, 0.1) is 13.5 Å². The Kier molecular flexibility index (Phi) is 4.53. The van der Waals surface area contributed by atoms with Crippen LogP contribution in [0.25, 0.3) is 10.8 Å². The van der Waals surface area contributed by atoms with Crippen LogP contribution in [0.1, 0.15) is 24.9 Å². The molecule has 0 aliphatic heterocycles. The van der Waals surface area contributed by atoms with E-state index in [0.717, 1.165) is 12.1 Å². The summed E-state index contributed by atoms with van der Waals surface area (Å²) in [5.41, 5.74) is 1.12. The number of rotatable bonds is 5. The molecule has 0 spiro atoms. The van der Waals surface area contributed by atoms with Crippen LogP contribution in [0.15, 0.2) is 42.5 Å². The number of carbonyl (C=O) groups excluding carboxylic acids is 1. The summed E-state index contributed by atoms with van der Waals surface area (Å²) in [6, 6.07) is 14.5. The second-order valence-corrected chi connectivity index (χ2v) is 4.50. The third-order valence-corrected chi connectivity index (χ3v) is 3.22. The van der Waals surface area contributed by atoms with Crippen molar-refractivity contribution in [1.29, 1.82) is 0 Å². The first kappa shape index (κ1) is 13.6. The van der Waals surface area contributed by atoms with Gasteiger partial charge in [0.15, 0.2) is 0 Å². The molecule has 0 bridgehead atoms. The van der Waals surface area contributed by atoms with Crippen LogP contribution < -0.4 is 5.32 Å². The second kappa shape index (κ2) is 6.34. The van der Waals surface area contributed by atoms with E-state index in [1.165, 1.54) is 17.9 Å². The minimum absolute atomic E-state index is 0.00190. The number of methoxy groups -OCH3 is 1. The minimum Gasteiger partial charge on any atom is -0.469 e. The van der Waals surface area contributed by atoms with Gasteiger partial charge in [-0.25, -0.2) is 0 Å². The molecule has 0 aliphatic rings. The van der Waals surface area contributed by atoms with Crippen molar-refractivity contribution in [3.63, 3.8) is 0 Å². The molecule has 0 radical (unpaired) electrons. The van der Waals surface area contributed by atoms with Gasteiger partial charge in [-0.2, -0.15) is 0 Å². The number of carbonyl (C=O) groups is 1. The highest BCUT2D eigenvalue weighted by Gasteiger charge is 2.15. The number of benzene rings is 2. The number of hydrogen-bond acceptors (Lipinski definition) is 3. The second-order valence-electron chi connectivity index (χ2n) is 4.50. The smallest absolute Gasteiger partial charge is 0.307 e. The molecular formula is C16H19NO2. The van der Waals surface area contributed by atoms with Crippen LogP contribution in [-0.2, 0) is 9.53 Å². The van der Waals surface area contributed by atoms with E-state index in [4.69, 9.17) is 4.74 Å². The average Bonchev–Trinajstić information content (AvgIpc) is 2.46. The number of fused-ring (bicyclic) bond motifs is 1. The Balaban J connectivity index is 2.30. The molecule has 100 valence electrons. The third-order valence-electron chi connectivity index (χ3n) is 3.22. The molecule has 1 unspecified atom stereocenters. The Morgan fingerprint density at radius 2 is 1.95 bits per heavy atom. The van der Waals surface area contributed by atoms with E-state index >= 15 is 0 Å². The predicted octanol–water partition coefficient (Wildman–Crippen LogP) is 3.05. The molecule has 0 heterocycles. The lowest BCUT2D eigenvalue weighted by atomic mass is 10.00. The van der Waals surface area contributed by atoms with Gasteiger partial charge in [-0.15, -0.1) is 0 Å². The summed E-state index contributed by atoms with van der Waals surface area (Å²) in [6.07, 6.45) is 0.350. The largest absolute Gasteiger partial charge is 0.469 e. The van der Waals surface area contributed by atoms with Crippen molar-refractivity contribution in [2.24, 2.45) is 0 Å². The van der Waals surface area contributed by atoms with Gasteiger partial charge in [0.2, 0.25) is 0 Å². The van der Waals surface area contributed by atoms with Crippen molar-refractivity contribution in [1.82, 2.24) is 5.32 Å². The molecule has 2 aromatic carbocycles. The van der Waals surface area contributed by atoms with Gasteiger partial charge in [-0.1, -0.05) is 43.3 Å². The Hall–Kier alpha value is -1.87. The highest BCUT2D eigenvalue weighted by atomic mass is 16.5. The zero-order chi connectivity index (χ0) is 13.7. The monoisotopic (exact) mass is 257 g/mol. The first-order valence-corrected chi connectivity index (χ1v) is 6.53. The molecule has 19 heavy (non-hydrogen) atoms. The molecule has 0 amide bonds. The number of ether oxygens (including phenoxy) is 1. The zero-order valence-electron chi connectivity index (χ0n) is 11.3. The van der Waals surface area contributed by atoms with Crippen LogP contribution in [0.4, 0.5) is 0 Å². The Morgan fingerprint density at radius 3 is 2.63 bits per heavy atom. The summed E-state index contributed by atoms with van der Waals surface area (Å²) in [5, 5.41) is 5.72. The van der Waals surface area contributed by atoms with Crippen molar-refractivity contribution in [3.05, 3.63) is 48.0 Å². The fraction of sp³-hybridized carbons (Fsp3) is 0.312. The normalized spacial score (nSPS) is 12.3. The van der Waals surface area contributed by atoms with E-state index in [9.17, 15) is 4.79 Å². The molecule has 0 aromatic heterocycles. The fourth-order valence-electron chi connectivity index (χ4n) is 2.23. The fourth-order valence-corrected chi connectivity index (χ4v) is 2.23. The zero-order valence-corrected chi connectivity index (χ0v) is 11.3. The van der Waals surface area contributed by atoms with E-state index in [1.54, 1.807) is 0 Å². The van der Waals surface area contributed by atoms with Crippen molar-refractivity contribution in [2.75, 3.05) is 13.7 Å². The number of nitrogens with one attached hydrogen (secondary N) is 1. The van der Waals surface area contributed by atoms with Gasteiger partial charge in [-0.3, -0.25) is 4.79 Å². The SMILES string of the molecule is CCNC(CC(=O)OC)c1ccc2ccccc2c1. The van der Waals surface area contributed by atoms with Gasteiger partial charge in [-0.05, 0) is 28.9 Å². The molecule has 1 atom stereocenters. The van der Waals surface area contributed by atoms with Crippen LogP contribution in [-0.4, -0.2) is 19.6 Å².